The van der Waals surface area contributed by atoms with Crippen LogP contribution < -0.4 is 5.32 Å². The number of nitrogens with one attached hydrogen (secondary N) is 1. The van der Waals surface area contributed by atoms with E-state index in [0.29, 0.717) is 0 Å². The first-order chi connectivity index (χ1) is 8.49. The van der Waals surface area contributed by atoms with Crippen LogP contribution in [0.4, 0.5) is 20.3 Å². The molecule has 2 rings (SSSR count). The van der Waals surface area contributed by atoms with Crippen LogP contribution >= 0.6 is 34.8 Å². The molecule has 0 aliphatic heterocycles. The third kappa shape index (κ3) is 2.66. The van der Waals surface area contributed by atoms with E-state index in [2.05, 4.69) is 10.3 Å². The molecular weight excluding hydrogens is 304 g/mol. The highest BCUT2D eigenvalue weighted by molar-refractivity contribution is 6.43. The maximum Gasteiger partial charge on any atom is 0.151 e. The molecule has 0 saturated heterocycles. The molecule has 0 fully saturated rings. The van der Waals surface area contributed by atoms with Gasteiger partial charge >= 0.3 is 0 Å². The maximum atomic E-state index is 13.4. The molecule has 1 N–H and O–H groups in total. The molecular formula is C11H5Cl3F2N2. The van der Waals surface area contributed by atoms with Crippen LogP contribution in [0, 0.1) is 11.6 Å². The zero-order valence-corrected chi connectivity index (χ0v) is 10.9. The molecule has 0 unspecified atom stereocenters. The van der Waals surface area contributed by atoms with Crippen molar-refractivity contribution in [1.82, 2.24) is 4.98 Å². The number of para-hydroxylation sites is 1. The Hall–Kier alpha value is -1.10. The van der Waals surface area contributed by atoms with E-state index < -0.39 is 11.6 Å². The normalized spacial score (nSPS) is 10.5. The van der Waals surface area contributed by atoms with Gasteiger partial charge in [0.2, 0.25) is 0 Å². The van der Waals surface area contributed by atoms with Gasteiger partial charge in [0, 0.05) is 0 Å². The van der Waals surface area contributed by atoms with Crippen LogP contribution in [0.25, 0.3) is 0 Å². The van der Waals surface area contributed by atoms with Crippen LogP contribution in [0.3, 0.4) is 0 Å². The second-order valence-electron chi connectivity index (χ2n) is 3.31. The van der Waals surface area contributed by atoms with Crippen LogP contribution in [-0.4, -0.2) is 4.98 Å². The highest BCUT2D eigenvalue weighted by atomic mass is 35.5. The van der Waals surface area contributed by atoms with Crippen molar-refractivity contribution in [3.05, 3.63) is 51.1 Å². The summed E-state index contributed by atoms with van der Waals surface area (Å²) in [5.74, 6) is -1.51. The van der Waals surface area contributed by atoms with Crippen molar-refractivity contribution in [3.63, 3.8) is 0 Å². The molecule has 0 aliphatic rings. The first-order valence-electron chi connectivity index (χ1n) is 4.71. The maximum absolute atomic E-state index is 13.4. The van der Waals surface area contributed by atoms with E-state index in [1.165, 1.54) is 12.1 Å². The van der Waals surface area contributed by atoms with Crippen molar-refractivity contribution in [2.45, 2.75) is 0 Å². The Labute approximate surface area is 116 Å². The Morgan fingerprint density at radius 3 is 2.22 bits per heavy atom. The molecule has 0 spiro atoms. The Morgan fingerprint density at radius 1 is 1.00 bits per heavy atom. The van der Waals surface area contributed by atoms with Gasteiger partial charge in [-0.1, -0.05) is 40.9 Å². The fraction of sp³-hybridized carbons (Fsp3) is 0. The van der Waals surface area contributed by atoms with Crippen LogP contribution in [0.5, 0.6) is 0 Å². The largest absolute Gasteiger partial charge is 0.334 e. The predicted octanol–water partition coefficient (Wildman–Crippen LogP) is 5.06. The summed E-state index contributed by atoms with van der Waals surface area (Å²) >= 11 is 17.2. The molecule has 0 aliphatic carbocycles. The molecule has 18 heavy (non-hydrogen) atoms. The number of rotatable bonds is 2. The van der Waals surface area contributed by atoms with Crippen molar-refractivity contribution in [3.8, 4) is 0 Å². The van der Waals surface area contributed by atoms with E-state index in [1.54, 1.807) is 0 Å². The number of nitrogens with zero attached hydrogens (tertiary/aromatic N) is 1. The molecule has 94 valence electrons. The van der Waals surface area contributed by atoms with Crippen LogP contribution in [0.1, 0.15) is 0 Å². The Bertz CT molecular complexity index is 585. The molecule has 2 nitrogen and oxygen atoms in total. The fourth-order valence-corrected chi connectivity index (χ4v) is 1.81. The number of benzene rings is 1. The van der Waals surface area contributed by atoms with E-state index in [4.69, 9.17) is 34.8 Å². The Balaban J connectivity index is 2.43. The number of pyridine rings is 1. The van der Waals surface area contributed by atoms with Crippen molar-refractivity contribution in [2.75, 3.05) is 5.32 Å². The minimum Gasteiger partial charge on any atom is -0.334 e. The molecule has 2 aromatic rings. The molecule has 0 radical (unpaired) electrons. The molecule has 7 heteroatoms. The monoisotopic (exact) mass is 308 g/mol. The molecule has 0 amide bonds. The summed E-state index contributed by atoms with van der Waals surface area (Å²) in [7, 11) is 0. The van der Waals surface area contributed by atoms with E-state index in [9.17, 15) is 8.78 Å². The van der Waals surface area contributed by atoms with E-state index in [-0.39, 0.29) is 26.7 Å². The smallest absolute Gasteiger partial charge is 0.151 e. The lowest BCUT2D eigenvalue weighted by atomic mass is 10.3. The summed E-state index contributed by atoms with van der Waals surface area (Å²) in [5.41, 5.74) is -0.356. The number of hydrogen-bond acceptors (Lipinski definition) is 2. The summed E-state index contributed by atoms with van der Waals surface area (Å²) in [6, 6.07) is 4.80. The van der Waals surface area contributed by atoms with Gasteiger partial charge in [-0.15, -0.1) is 0 Å². The van der Waals surface area contributed by atoms with E-state index in [0.717, 1.165) is 12.1 Å². The van der Waals surface area contributed by atoms with Gasteiger partial charge in [0.1, 0.15) is 22.5 Å². The lowest BCUT2D eigenvalue weighted by Crippen LogP contribution is -2.00. The molecule has 1 heterocycles. The summed E-state index contributed by atoms with van der Waals surface area (Å²) < 4.78 is 26.8. The van der Waals surface area contributed by atoms with Gasteiger partial charge in [0.25, 0.3) is 0 Å². The van der Waals surface area contributed by atoms with Gasteiger partial charge in [0.05, 0.1) is 10.0 Å². The third-order valence-electron chi connectivity index (χ3n) is 2.09. The first-order valence-corrected chi connectivity index (χ1v) is 5.85. The molecule has 0 saturated carbocycles. The third-order valence-corrected chi connectivity index (χ3v) is 3.05. The summed E-state index contributed by atoms with van der Waals surface area (Å²) in [6.45, 7) is 0. The highest BCUT2D eigenvalue weighted by Crippen LogP contribution is 2.32. The quantitative estimate of drug-likeness (QED) is 0.784. The van der Waals surface area contributed by atoms with Gasteiger partial charge in [-0.2, -0.15) is 0 Å². The predicted molar refractivity (Wildman–Crippen MR) is 68.9 cm³/mol. The van der Waals surface area contributed by atoms with Crippen LogP contribution in [0.2, 0.25) is 15.2 Å². The average Bonchev–Trinajstić information content (AvgIpc) is 2.30. The second kappa shape index (κ2) is 5.26. The molecule has 1 aromatic carbocycles. The van der Waals surface area contributed by atoms with Gasteiger partial charge in [0.15, 0.2) is 5.82 Å². The topological polar surface area (TPSA) is 24.9 Å². The number of hydrogen-bond donors (Lipinski definition) is 1. The Kier molecular flexibility index (Phi) is 3.90. The van der Waals surface area contributed by atoms with Crippen molar-refractivity contribution in [1.29, 1.82) is 0 Å². The fourth-order valence-electron chi connectivity index (χ4n) is 1.27. The highest BCUT2D eigenvalue weighted by Gasteiger charge is 2.13. The summed E-state index contributed by atoms with van der Waals surface area (Å²) in [5, 5.41) is 2.68. The number of anilines is 2. The average molecular weight is 310 g/mol. The lowest BCUT2D eigenvalue weighted by molar-refractivity contribution is 0.590. The molecule has 0 atom stereocenters. The van der Waals surface area contributed by atoms with Crippen molar-refractivity contribution in [2.24, 2.45) is 0 Å². The van der Waals surface area contributed by atoms with E-state index in [1.807, 2.05) is 0 Å². The van der Waals surface area contributed by atoms with Gasteiger partial charge in [-0.05, 0) is 18.2 Å². The summed E-state index contributed by atoms with van der Waals surface area (Å²) in [4.78, 5) is 3.81. The molecule has 1 aromatic heterocycles. The molecule has 0 bridgehead atoms. The zero-order valence-electron chi connectivity index (χ0n) is 8.65. The van der Waals surface area contributed by atoms with Crippen LogP contribution in [-0.2, 0) is 0 Å². The Morgan fingerprint density at radius 2 is 1.61 bits per heavy atom. The van der Waals surface area contributed by atoms with E-state index >= 15 is 0 Å². The minimum atomic E-state index is -0.765. The summed E-state index contributed by atoms with van der Waals surface area (Å²) in [6.07, 6.45) is 0. The van der Waals surface area contributed by atoms with Gasteiger partial charge in [-0.3, -0.25) is 0 Å². The number of aromatic nitrogens is 1. The standard InChI is InChI=1S/C11H5Cl3F2N2/c12-5-4-6(13)11(18-10(5)14)17-9-7(15)2-1-3-8(9)16/h1-4H,(H,17,18). The SMILES string of the molecule is Fc1cccc(F)c1Nc1nc(Cl)c(Cl)cc1Cl. The first kappa shape index (κ1) is 13.3. The zero-order chi connectivity index (χ0) is 13.3. The van der Waals surface area contributed by atoms with Crippen molar-refractivity contribution >= 4 is 46.3 Å². The second-order valence-corrected chi connectivity index (χ2v) is 4.49. The van der Waals surface area contributed by atoms with Crippen molar-refractivity contribution < 1.29 is 8.78 Å². The lowest BCUT2D eigenvalue weighted by Gasteiger charge is -2.10. The van der Waals surface area contributed by atoms with Gasteiger partial charge in [-0.25, -0.2) is 13.8 Å². The minimum absolute atomic E-state index is 0.0136. The van der Waals surface area contributed by atoms with Gasteiger partial charge < -0.3 is 5.32 Å². The van der Waals surface area contributed by atoms with Crippen LogP contribution in [0.15, 0.2) is 24.3 Å². The number of halogens is 5.